The summed E-state index contributed by atoms with van der Waals surface area (Å²) in [7, 11) is 3.09. The van der Waals surface area contributed by atoms with Crippen LogP contribution in [0.5, 0.6) is 0 Å². The number of carbonyl (C=O) groups is 4. The molecule has 0 bridgehead atoms. The Balaban J connectivity index is 2.77. The zero-order valence-corrected chi connectivity index (χ0v) is 18.2. The Labute approximate surface area is 180 Å². The fraction of sp³-hybridized carbons (Fsp3) is 0.588. The van der Waals surface area contributed by atoms with Gasteiger partial charge in [-0.2, -0.15) is 0 Å². The molecule has 0 saturated carbocycles. The molecule has 6 N–H and O–H groups in total. The van der Waals surface area contributed by atoms with Gasteiger partial charge in [0.1, 0.15) is 18.1 Å². The van der Waals surface area contributed by atoms with E-state index < -0.39 is 58.5 Å². The summed E-state index contributed by atoms with van der Waals surface area (Å²) in [4.78, 5) is 52.0. The zero-order chi connectivity index (χ0) is 23.9. The number of quaternary nitrogens is 1. The molecule has 174 valence electrons. The van der Waals surface area contributed by atoms with Gasteiger partial charge in [-0.05, 0) is 6.42 Å². The normalized spacial score (nSPS) is 15.5. The number of hydrogen-bond donors (Lipinski definition) is 5. The second-order valence-corrected chi connectivity index (χ2v) is 9.23. The molecule has 0 fully saturated rings. The minimum atomic E-state index is -1.95. The van der Waals surface area contributed by atoms with Crippen LogP contribution in [0.15, 0.2) is 11.4 Å². The maximum Gasteiger partial charge on any atom is 0.327 e. The average molecular weight is 461 g/mol. The lowest BCUT2D eigenvalue weighted by molar-refractivity contribution is -0.889. The van der Waals surface area contributed by atoms with Crippen LogP contribution in [0.1, 0.15) is 18.5 Å². The quantitative estimate of drug-likeness (QED) is 0.184. The third kappa shape index (κ3) is 8.43. The van der Waals surface area contributed by atoms with Crippen molar-refractivity contribution in [3.05, 3.63) is 11.9 Å². The lowest BCUT2D eigenvalue weighted by Gasteiger charge is -2.34. The topological polar surface area (TPSA) is 216 Å². The second-order valence-electron chi connectivity index (χ2n) is 7.82. The van der Waals surface area contributed by atoms with Gasteiger partial charge in [-0.1, -0.05) is 0 Å². The highest BCUT2D eigenvalue weighted by Crippen LogP contribution is 2.12. The number of aromatic amines is 1. The minimum absolute atomic E-state index is 0.0267. The van der Waals surface area contributed by atoms with E-state index in [4.69, 9.17) is 10.8 Å². The predicted octanol–water partition coefficient (Wildman–Crippen LogP) is -3.35. The average Bonchev–Trinajstić information content (AvgIpc) is 3.11. The van der Waals surface area contributed by atoms with Crippen molar-refractivity contribution in [3.8, 4) is 0 Å². The van der Waals surface area contributed by atoms with Gasteiger partial charge in [-0.3, -0.25) is 13.8 Å². The molecule has 1 heterocycles. The molecule has 0 aliphatic rings. The number of rotatable bonds is 13. The highest BCUT2D eigenvalue weighted by molar-refractivity contribution is 7.84. The van der Waals surface area contributed by atoms with Gasteiger partial charge >= 0.3 is 11.9 Å². The summed E-state index contributed by atoms with van der Waals surface area (Å²) in [6.07, 6.45) is 0.827. The summed E-state index contributed by atoms with van der Waals surface area (Å²) in [5.74, 6) is -5.23. The number of nitrogens with one attached hydrogen (secondary N) is 2. The monoisotopic (exact) mass is 461 g/mol. The van der Waals surface area contributed by atoms with Crippen molar-refractivity contribution in [2.24, 2.45) is 5.73 Å². The van der Waals surface area contributed by atoms with Gasteiger partial charge in [0, 0.05) is 24.7 Å². The number of imidazole rings is 1. The first-order chi connectivity index (χ1) is 14.2. The molecule has 0 saturated heterocycles. The van der Waals surface area contributed by atoms with Gasteiger partial charge < -0.3 is 40.6 Å². The van der Waals surface area contributed by atoms with Crippen molar-refractivity contribution < 1.29 is 43.2 Å². The van der Waals surface area contributed by atoms with Crippen LogP contribution in [0.4, 0.5) is 0 Å². The molecule has 1 aromatic rings. The molecule has 0 aromatic carbocycles. The number of hydrogen-bond acceptors (Lipinski definition) is 8. The van der Waals surface area contributed by atoms with E-state index in [0.29, 0.717) is 5.69 Å². The van der Waals surface area contributed by atoms with Gasteiger partial charge in [-0.15, -0.1) is 0 Å². The van der Waals surface area contributed by atoms with Crippen molar-refractivity contribution >= 4 is 34.6 Å². The summed E-state index contributed by atoms with van der Waals surface area (Å²) in [6.45, 7) is 0. The van der Waals surface area contributed by atoms with Gasteiger partial charge in [0.05, 0.1) is 43.7 Å². The Bertz CT molecular complexity index is 850. The van der Waals surface area contributed by atoms with Crippen molar-refractivity contribution in [1.82, 2.24) is 15.3 Å². The van der Waals surface area contributed by atoms with Crippen LogP contribution in [-0.2, 0) is 36.4 Å². The fourth-order valence-corrected chi connectivity index (χ4v) is 3.62. The van der Waals surface area contributed by atoms with E-state index in [-0.39, 0.29) is 28.9 Å². The number of nitrogens with zero attached hydrogens (tertiary/aromatic N) is 2. The zero-order valence-electron chi connectivity index (χ0n) is 17.4. The van der Waals surface area contributed by atoms with Crippen LogP contribution in [0, 0.1) is 0 Å². The van der Waals surface area contributed by atoms with E-state index >= 15 is 0 Å². The van der Waals surface area contributed by atoms with E-state index in [1.54, 1.807) is 21.1 Å². The highest BCUT2D eigenvalue weighted by Gasteiger charge is 2.28. The van der Waals surface area contributed by atoms with E-state index in [9.17, 15) is 33.6 Å². The van der Waals surface area contributed by atoms with Crippen LogP contribution in [0.25, 0.3) is 0 Å². The Morgan fingerprint density at radius 2 is 1.87 bits per heavy atom. The molecular weight excluding hydrogens is 434 g/mol. The number of carboxylic acids is 3. The minimum Gasteiger partial charge on any atom is -0.544 e. The number of amides is 1. The Morgan fingerprint density at radius 1 is 1.26 bits per heavy atom. The molecule has 1 amide bonds. The summed E-state index contributed by atoms with van der Waals surface area (Å²) in [5, 5.41) is 31.5. The molecule has 0 spiro atoms. The highest BCUT2D eigenvalue weighted by atomic mass is 32.2. The molecule has 31 heavy (non-hydrogen) atoms. The van der Waals surface area contributed by atoms with Gasteiger partial charge in [0.15, 0.2) is 5.16 Å². The largest absolute Gasteiger partial charge is 0.544 e. The van der Waals surface area contributed by atoms with Gasteiger partial charge in [-0.25, -0.2) is 9.78 Å². The number of aliphatic carboxylic acids is 3. The van der Waals surface area contributed by atoms with Crippen LogP contribution in [0.3, 0.4) is 0 Å². The number of H-pyrrole nitrogens is 1. The molecule has 0 radical (unpaired) electrons. The van der Waals surface area contributed by atoms with Crippen molar-refractivity contribution in [3.63, 3.8) is 0 Å². The van der Waals surface area contributed by atoms with Gasteiger partial charge in [0.2, 0.25) is 5.91 Å². The van der Waals surface area contributed by atoms with Crippen LogP contribution in [-0.4, -0.2) is 97.7 Å². The number of likely N-dealkylation sites (N-methyl/N-ethyl adjacent to an activating group) is 1. The summed E-state index contributed by atoms with van der Waals surface area (Å²) in [6, 6.07) is -3.67. The number of aromatic nitrogens is 2. The standard InChI is InChI=1S/C17H27N5O8S/c1-22(2,3)12(16(28)29)6-9-7-19-17(20-9)31(30)8-11(15(26)27)21-13(23)5-4-10(18)14(24)25/h7,10-12H,4-6,8,18H2,1-3H3,(H4-,19,20,21,23,24,25,26,27,28,29)/t10-,11-,12-,31?/m0/s1. The molecule has 4 atom stereocenters. The molecule has 1 rings (SSSR count). The molecule has 0 aliphatic carbocycles. The Kier molecular flexibility index (Phi) is 9.27. The number of carbonyl (C=O) groups excluding carboxylic acids is 2. The fourth-order valence-electron chi connectivity index (χ4n) is 2.52. The SMILES string of the molecule is C[N+](C)(C)[C@@H](Cc1cnc(S(=O)C[C@H](NC(=O)CC[C@H](N)C(=O)O)C(=O)O)[nH]1)C(=O)[O-]. The summed E-state index contributed by atoms with van der Waals surface area (Å²) in [5.41, 5.74) is 5.67. The van der Waals surface area contributed by atoms with Crippen LogP contribution < -0.4 is 16.2 Å². The molecule has 14 heteroatoms. The summed E-state index contributed by atoms with van der Waals surface area (Å²) < 4.78 is 12.6. The van der Waals surface area contributed by atoms with Gasteiger partial charge in [0.25, 0.3) is 0 Å². The maximum atomic E-state index is 12.5. The summed E-state index contributed by atoms with van der Waals surface area (Å²) >= 11 is 0. The number of carboxylic acid groups (broad SMARTS) is 3. The lowest BCUT2D eigenvalue weighted by atomic mass is 10.1. The lowest BCUT2D eigenvalue weighted by Crippen LogP contribution is -2.55. The van der Waals surface area contributed by atoms with Crippen LogP contribution >= 0.6 is 0 Å². The molecule has 1 aromatic heterocycles. The molecule has 1 unspecified atom stereocenters. The smallest absolute Gasteiger partial charge is 0.327 e. The second kappa shape index (κ2) is 11.0. The van der Waals surface area contributed by atoms with Crippen molar-refractivity contribution in [1.29, 1.82) is 0 Å². The van der Waals surface area contributed by atoms with E-state index in [1.165, 1.54) is 6.20 Å². The first-order valence-electron chi connectivity index (χ1n) is 9.17. The van der Waals surface area contributed by atoms with E-state index in [2.05, 4.69) is 15.3 Å². The van der Waals surface area contributed by atoms with E-state index in [0.717, 1.165) is 0 Å². The number of nitrogens with two attached hydrogens (primary N) is 1. The van der Waals surface area contributed by atoms with Crippen molar-refractivity contribution in [2.45, 2.75) is 42.5 Å². The maximum absolute atomic E-state index is 12.5. The van der Waals surface area contributed by atoms with Crippen LogP contribution in [0.2, 0.25) is 0 Å². The third-order valence-corrected chi connectivity index (χ3v) is 5.67. The molecule has 0 aliphatic heterocycles. The predicted molar refractivity (Wildman–Crippen MR) is 105 cm³/mol. The first kappa shape index (κ1) is 26.2. The molecule has 13 nitrogen and oxygen atoms in total. The van der Waals surface area contributed by atoms with E-state index in [1.807, 2.05) is 0 Å². The third-order valence-electron chi connectivity index (χ3n) is 4.39. The Morgan fingerprint density at radius 3 is 2.35 bits per heavy atom. The Hall–Kier alpha value is -2.84. The first-order valence-corrected chi connectivity index (χ1v) is 10.5. The van der Waals surface area contributed by atoms with Crippen molar-refractivity contribution in [2.75, 3.05) is 26.9 Å². The molecular formula is C17H27N5O8S.